The van der Waals surface area contributed by atoms with E-state index in [0.29, 0.717) is 12.5 Å². The van der Waals surface area contributed by atoms with Gasteiger partial charge in [-0.05, 0) is 12.3 Å². The molecule has 1 amide bonds. The van der Waals surface area contributed by atoms with E-state index in [1.165, 1.54) is 0 Å². The highest BCUT2D eigenvalue weighted by molar-refractivity contribution is 7.91. The van der Waals surface area contributed by atoms with E-state index in [4.69, 9.17) is 5.73 Å². The van der Waals surface area contributed by atoms with Gasteiger partial charge >= 0.3 is 0 Å². The minimum atomic E-state index is -3.22. The summed E-state index contributed by atoms with van der Waals surface area (Å²) < 4.78 is 21.8. The van der Waals surface area contributed by atoms with Crippen LogP contribution in [0.5, 0.6) is 0 Å². The van der Waals surface area contributed by atoms with Crippen molar-refractivity contribution in [1.29, 1.82) is 0 Å². The van der Waals surface area contributed by atoms with Crippen LogP contribution in [0.3, 0.4) is 0 Å². The van der Waals surface area contributed by atoms with Gasteiger partial charge in [0.25, 0.3) is 0 Å². The number of rotatable bonds is 2. The molecule has 0 radical (unpaired) electrons. The van der Waals surface area contributed by atoms with Crippen LogP contribution < -0.4 is 5.73 Å². The fourth-order valence-electron chi connectivity index (χ4n) is 2.26. The summed E-state index contributed by atoms with van der Waals surface area (Å²) in [5.74, 6) is -0.292. The number of carbonyl (C=O) groups excluding carboxylic acids is 1. The Hall–Kier alpha value is -0.620. The minimum absolute atomic E-state index is 0.0681. The van der Waals surface area contributed by atoms with Gasteiger partial charge in [-0.1, -0.05) is 0 Å². The van der Waals surface area contributed by atoms with Crippen molar-refractivity contribution in [2.45, 2.75) is 18.5 Å². The number of hydrogen-bond acceptors (Lipinski definition) is 4. The summed E-state index contributed by atoms with van der Waals surface area (Å²) in [5.41, 5.74) is 5.78. The number of amides is 1. The molecule has 2 N–H and O–H groups in total. The molecule has 3 atom stereocenters. The summed E-state index contributed by atoms with van der Waals surface area (Å²) in [4.78, 5) is 13.2. The smallest absolute Gasteiger partial charge is 0.238 e. The quantitative estimate of drug-likeness (QED) is 0.617. The third-order valence-electron chi connectivity index (χ3n) is 3.07. The van der Waals surface area contributed by atoms with E-state index in [9.17, 15) is 13.2 Å². The maximum absolute atomic E-state index is 11.5. The van der Waals surface area contributed by atoms with E-state index in [2.05, 4.69) is 0 Å². The van der Waals surface area contributed by atoms with Gasteiger partial charge in [-0.3, -0.25) is 4.79 Å². The summed E-state index contributed by atoms with van der Waals surface area (Å²) in [5, 5.41) is 0. The minimum Gasteiger partial charge on any atom is -0.337 e. The van der Waals surface area contributed by atoms with Crippen LogP contribution in [0.2, 0.25) is 0 Å². The molecular formula is C8H14N2O3S. The number of nitrogens with two attached hydrogens (primary N) is 1. The number of carbonyl (C=O) groups is 1. The Morgan fingerprint density at radius 3 is 2.57 bits per heavy atom. The molecule has 0 spiro atoms. The second-order valence-electron chi connectivity index (χ2n) is 4.26. The second kappa shape index (κ2) is 2.93. The van der Waals surface area contributed by atoms with E-state index in [1.54, 1.807) is 4.90 Å². The summed E-state index contributed by atoms with van der Waals surface area (Å²) in [6, 6.07) is 0.160. The fourth-order valence-corrected chi connectivity index (χ4v) is 2.87. The van der Waals surface area contributed by atoms with Crippen LogP contribution in [0.1, 0.15) is 6.42 Å². The third kappa shape index (κ3) is 1.52. The van der Waals surface area contributed by atoms with Gasteiger partial charge in [-0.2, -0.15) is 0 Å². The zero-order chi connectivity index (χ0) is 10.5. The topological polar surface area (TPSA) is 80.5 Å². The summed E-state index contributed by atoms with van der Waals surface area (Å²) in [6.45, 7) is 0.639. The van der Waals surface area contributed by atoms with Crippen molar-refractivity contribution in [2.24, 2.45) is 11.7 Å². The maximum Gasteiger partial charge on any atom is 0.238 e. The molecule has 1 aliphatic carbocycles. The first-order chi connectivity index (χ1) is 6.38. The molecule has 1 saturated carbocycles. The number of fused-ring (bicyclic) bond motifs is 1. The van der Waals surface area contributed by atoms with Gasteiger partial charge in [0.05, 0.1) is 0 Å². The zero-order valence-corrected chi connectivity index (χ0v) is 8.83. The van der Waals surface area contributed by atoms with E-state index >= 15 is 0 Å². The first kappa shape index (κ1) is 9.92. The lowest BCUT2D eigenvalue weighted by molar-refractivity contribution is -0.128. The molecule has 0 aromatic heterocycles. The Kier molecular flexibility index (Phi) is 2.08. The van der Waals surface area contributed by atoms with E-state index in [1.807, 2.05) is 0 Å². The SMILES string of the molecule is CS(=O)(=O)CC(=O)N1CC2CC1C2N. The van der Waals surface area contributed by atoms with Crippen molar-refractivity contribution >= 4 is 15.7 Å². The molecule has 3 rings (SSSR count). The van der Waals surface area contributed by atoms with Crippen LogP contribution in [-0.2, 0) is 14.6 Å². The molecule has 3 fully saturated rings. The zero-order valence-electron chi connectivity index (χ0n) is 8.01. The predicted molar refractivity (Wildman–Crippen MR) is 51.3 cm³/mol. The number of nitrogens with zero attached hydrogens (tertiary/aromatic N) is 1. The summed E-state index contributed by atoms with van der Waals surface area (Å²) in [7, 11) is -3.22. The van der Waals surface area contributed by atoms with Gasteiger partial charge < -0.3 is 10.6 Å². The highest BCUT2D eigenvalue weighted by Gasteiger charge is 2.51. The predicted octanol–water partition coefficient (Wildman–Crippen LogP) is -1.41. The Labute approximate surface area is 83.2 Å². The standard InChI is InChI=1S/C8H14N2O3S/c1-14(12,13)4-7(11)10-3-5-2-6(10)8(5)9/h5-6,8H,2-4,9H2,1H3. The Morgan fingerprint density at radius 2 is 2.21 bits per heavy atom. The van der Waals surface area contributed by atoms with Crippen LogP contribution in [-0.4, -0.2) is 49.9 Å². The molecule has 2 aliphatic heterocycles. The lowest BCUT2D eigenvalue weighted by atomic mass is 9.81. The van der Waals surface area contributed by atoms with Crippen LogP contribution in [0.15, 0.2) is 0 Å². The maximum atomic E-state index is 11.5. The van der Waals surface area contributed by atoms with E-state index in [0.717, 1.165) is 12.7 Å². The molecule has 0 aromatic carbocycles. The number of hydrogen-bond donors (Lipinski definition) is 1. The Morgan fingerprint density at radius 1 is 1.57 bits per heavy atom. The van der Waals surface area contributed by atoms with Gasteiger partial charge in [0.15, 0.2) is 9.84 Å². The largest absolute Gasteiger partial charge is 0.337 e. The van der Waals surface area contributed by atoms with Gasteiger partial charge in [0.2, 0.25) is 5.91 Å². The van der Waals surface area contributed by atoms with Gasteiger partial charge in [-0.15, -0.1) is 0 Å². The van der Waals surface area contributed by atoms with Gasteiger partial charge in [-0.25, -0.2) is 8.42 Å². The molecule has 6 heteroatoms. The van der Waals surface area contributed by atoms with E-state index in [-0.39, 0.29) is 23.7 Å². The van der Waals surface area contributed by atoms with Crippen molar-refractivity contribution in [3.05, 3.63) is 0 Å². The van der Waals surface area contributed by atoms with E-state index < -0.39 is 9.84 Å². The first-order valence-corrected chi connectivity index (χ1v) is 6.67. The van der Waals surface area contributed by atoms with Crippen molar-refractivity contribution in [1.82, 2.24) is 4.90 Å². The fraction of sp³-hybridized carbons (Fsp3) is 0.875. The molecular weight excluding hydrogens is 204 g/mol. The average molecular weight is 218 g/mol. The lowest BCUT2D eigenvalue weighted by Gasteiger charge is -2.33. The summed E-state index contributed by atoms with van der Waals surface area (Å²) in [6.07, 6.45) is 2.02. The molecule has 3 unspecified atom stereocenters. The molecule has 2 heterocycles. The Balaban J connectivity index is 2.01. The molecule has 0 aromatic rings. The summed E-state index contributed by atoms with van der Waals surface area (Å²) >= 11 is 0. The normalized spacial score (nSPS) is 35.6. The molecule has 5 nitrogen and oxygen atoms in total. The van der Waals surface area contributed by atoms with Gasteiger partial charge in [0, 0.05) is 24.9 Å². The van der Waals surface area contributed by atoms with Crippen molar-refractivity contribution in [3.63, 3.8) is 0 Å². The Bertz CT molecular complexity index is 365. The molecule has 3 aliphatic rings. The highest BCUT2D eigenvalue weighted by atomic mass is 32.2. The van der Waals surface area contributed by atoms with Crippen LogP contribution in [0.4, 0.5) is 0 Å². The molecule has 80 valence electrons. The second-order valence-corrected chi connectivity index (χ2v) is 6.40. The molecule has 2 saturated heterocycles. The van der Waals surface area contributed by atoms with Crippen molar-refractivity contribution < 1.29 is 13.2 Å². The monoisotopic (exact) mass is 218 g/mol. The lowest BCUT2D eigenvalue weighted by Crippen LogP contribution is -2.51. The third-order valence-corrected chi connectivity index (χ3v) is 3.84. The van der Waals surface area contributed by atoms with Crippen molar-refractivity contribution in [3.8, 4) is 0 Å². The van der Waals surface area contributed by atoms with Crippen molar-refractivity contribution in [2.75, 3.05) is 18.6 Å². The van der Waals surface area contributed by atoms with Gasteiger partial charge in [0.1, 0.15) is 5.75 Å². The highest BCUT2D eigenvalue weighted by Crippen LogP contribution is 2.39. The number of sulfone groups is 1. The first-order valence-electron chi connectivity index (χ1n) is 4.61. The molecule has 2 bridgehead atoms. The van der Waals surface area contributed by atoms with Crippen LogP contribution in [0, 0.1) is 5.92 Å². The average Bonchev–Trinajstić information content (AvgIpc) is 2.55. The van der Waals surface area contributed by atoms with Crippen LogP contribution in [0.25, 0.3) is 0 Å². The van der Waals surface area contributed by atoms with Crippen LogP contribution >= 0.6 is 0 Å². The molecule has 14 heavy (non-hydrogen) atoms.